The molecule has 0 radical (unpaired) electrons. The lowest BCUT2D eigenvalue weighted by Crippen LogP contribution is -2.42. The van der Waals surface area contributed by atoms with E-state index in [-0.39, 0.29) is 16.9 Å². The molecular formula is C50H40N4. The predicted octanol–water partition coefficient (Wildman–Crippen LogP) is 11.9. The van der Waals surface area contributed by atoms with Crippen LogP contribution in [-0.4, -0.2) is 10.6 Å². The quantitative estimate of drug-likeness (QED) is 0.181. The largest absolute Gasteiger partial charge is 0.336 e. The van der Waals surface area contributed by atoms with E-state index in [4.69, 9.17) is 0 Å². The summed E-state index contributed by atoms with van der Waals surface area (Å²) < 4.78 is 2.39. The monoisotopic (exact) mass is 696 g/mol. The second-order valence-corrected chi connectivity index (χ2v) is 17.1. The van der Waals surface area contributed by atoms with Crippen molar-refractivity contribution >= 4 is 33.2 Å². The number of hydrogen-bond acceptors (Lipinski definition) is 3. The Bertz CT molecular complexity index is 2860. The molecule has 7 aromatic rings. The maximum atomic E-state index is 10.5. The molecule has 4 nitrogen and oxygen atoms in total. The topological polar surface area (TPSA) is 55.8 Å². The van der Waals surface area contributed by atoms with Gasteiger partial charge in [-0.05, 0) is 105 Å². The minimum absolute atomic E-state index is 0.0512. The molecule has 1 aliphatic heterocycles. The Balaban J connectivity index is 1.18. The molecule has 1 aromatic heterocycles. The molecule has 1 saturated carbocycles. The number of nitriles is 2. The molecule has 0 saturated heterocycles. The van der Waals surface area contributed by atoms with Crippen LogP contribution in [0.4, 0.5) is 11.4 Å². The molecule has 4 atom stereocenters. The highest BCUT2D eigenvalue weighted by molar-refractivity contribution is 6.12. The number of aromatic nitrogens is 1. The van der Waals surface area contributed by atoms with Gasteiger partial charge >= 0.3 is 0 Å². The molecule has 260 valence electrons. The summed E-state index contributed by atoms with van der Waals surface area (Å²) >= 11 is 0. The van der Waals surface area contributed by atoms with Gasteiger partial charge in [-0.3, -0.25) is 0 Å². The number of para-hydroxylation sites is 2. The highest BCUT2D eigenvalue weighted by Crippen LogP contribution is 2.63. The third kappa shape index (κ3) is 3.91. The van der Waals surface area contributed by atoms with E-state index < -0.39 is 0 Å². The van der Waals surface area contributed by atoms with E-state index in [1.807, 2.05) is 12.1 Å². The summed E-state index contributed by atoms with van der Waals surface area (Å²) in [5.74, 6) is 1.34. The fourth-order valence-electron chi connectivity index (χ4n) is 11.6. The second kappa shape index (κ2) is 10.7. The van der Waals surface area contributed by atoms with Gasteiger partial charge in [-0.25, -0.2) is 0 Å². The van der Waals surface area contributed by atoms with Crippen LogP contribution in [0.25, 0.3) is 38.6 Å². The summed E-state index contributed by atoms with van der Waals surface area (Å²) in [5, 5.41) is 23.4. The third-order valence-corrected chi connectivity index (χ3v) is 14.1. The van der Waals surface area contributed by atoms with Crippen molar-refractivity contribution in [1.29, 1.82) is 10.5 Å². The summed E-state index contributed by atoms with van der Waals surface area (Å²) in [6.45, 7) is 9.55. The summed E-state index contributed by atoms with van der Waals surface area (Å²) in [6, 6.07) is 49.4. The minimum atomic E-state index is -0.169. The fraction of sp³-hybridized carbons (Fsp3) is 0.240. The molecule has 54 heavy (non-hydrogen) atoms. The first kappa shape index (κ1) is 31.4. The van der Waals surface area contributed by atoms with Crippen LogP contribution >= 0.6 is 0 Å². The molecule has 4 heteroatoms. The smallest absolute Gasteiger partial charge is 0.101 e. The number of anilines is 2. The fourth-order valence-corrected chi connectivity index (χ4v) is 11.6. The number of fused-ring (bicyclic) bond motifs is 12. The molecule has 11 rings (SSSR count). The van der Waals surface area contributed by atoms with Crippen LogP contribution in [0.15, 0.2) is 121 Å². The number of nitrogens with zero attached hydrogens (tertiary/aromatic N) is 4. The molecule has 1 fully saturated rings. The van der Waals surface area contributed by atoms with E-state index in [0.717, 1.165) is 35.2 Å². The van der Waals surface area contributed by atoms with Gasteiger partial charge in [0.25, 0.3) is 0 Å². The molecule has 3 aliphatic carbocycles. The Kier molecular flexibility index (Phi) is 6.25. The molecule has 0 N–H and O–H groups in total. The van der Waals surface area contributed by atoms with Crippen molar-refractivity contribution in [1.82, 2.24) is 4.57 Å². The molecule has 0 amide bonds. The summed E-state index contributed by atoms with van der Waals surface area (Å²) in [6.07, 6.45) is 2.14. The normalized spacial score (nSPS) is 22.1. The van der Waals surface area contributed by atoms with E-state index in [9.17, 15) is 10.5 Å². The van der Waals surface area contributed by atoms with Gasteiger partial charge in [0.1, 0.15) is 12.1 Å². The third-order valence-electron chi connectivity index (χ3n) is 14.1. The van der Waals surface area contributed by atoms with Crippen molar-refractivity contribution in [3.8, 4) is 29.0 Å². The van der Waals surface area contributed by atoms with Crippen molar-refractivity contribution in [3.63, 3.8) is 0 Å². The first-order chi connectivity index (χ1) is 26.2. The van der Waals surface area contributed by atoms with Gasteiger partial charge in [0.15, 0.2) is 0 Å². The van der Waals surface area contributed by atoms with E-state index in [1.54, 1.807) is 0 Å². The molecule has 4 aliphatic rings. The van der Waals surface area contributed by atoms with Crippen molar-refractivity contribution in [2.24, 2.45) is 5.92 Å². The lowest BCUT2D eigenvalue weighted by atomic mass is 9.64. The summed E-state index contributed by atoms with van der Waals surface area (Å²) in [7, 11) is 0. The lowest BCUT2D eigenvalue weighted by molar-refractivity contribution is 0.201. The zero-order chi connectivity index (χ0) is 36.7. The van der Waals surface area contributed by atoms with Gasteiger partial charge in [-0.1, -0.05) is 113 Å². The van der Waals surface area contributed by atoms with Crippen LogP contribution in [0, 0.1) is 28.6 Å². The van der Waals surface area contributed by atoms with Crippen molar-refractivity contribution < 1.29 is 0 Å². The summed E-state index contributed by atoms with van der Waals surface area (Å²) in [4.78, 5) is 2.57. The zero-order valence-electron chi connectivity index (χ0n) is 31.1. The predicted molar refractivity (Wildman–Crippen MR) is 218 cm³/mol. The molecule has 6 aromatic carbocycles. The Morgan fingerprint density at radius 3 is 2.02 bits per heavy atom. The Morgan fingerprint density at radius 1 is 0.556 bits per heavy atom. The second-order valence-electron chi connectivity index (χ2n) is 17.1. The average molecular weight is 697 g/mol. The molecule has 4 unspecified atom stereocenters. The first-order valence-corrected chi connectivity index (χ1v) is 19.4. The van der Waals surface area contributed by atoms with E-state index in [1.165, 1.54) is 55.4 Å². The number of hydrogen-bond donors (Lipinski definition) is 0. The highest BCUT2D eigenvalue weighted by atomic mass is 15.2. The van der Waals surface area contributed by atoms with Crippen LogP contribution in [-0.2, 0) is 10.8 Å². The van der Waals surface area contributed by atoms with Gasteiger partial charge in [0.05, 0.1) is 33.5 Å². The van der Waals surface area contributed by atoms with Crippen molar-refractivity contribution in [3.05, 3.63) is 160 Å². The molecule has 0 spiro atoms. The van der Waals surface area contributed by atoms with E-state index in [2.05, 4.69) is 158 Å². The Hall–Kier alpha value is -6.10. The Labute approximate surface area is 316 Å². The van der Waals surface area contributed by atoms with E-state index >= 15 is 0 Å². The van der Waals surface area contributed by atoms with Crippen LogP contribution < -0.4 is 4.90 Å². The van der Waals surface area contributed by atoms with Gasteiger partial charge in [-0.15, -0.1) is 0 Å². The molecular weight excluding hydrogens is 657 g/mol. The van der Waals surface area contributed by atoms with Crippen LogP contribution in [0.1, 0.15) is 91.3 Å². The Morgan fingerprint density at radius 2 is 1.22 bits per heavy atom. The van der Waals surface area contributed by atoms with E-state index in [0.29, 0.717) is 28.9 Å². The number of rotatable bonds is 2. The van der Waals surface area contributed by atoms with Crippen molar-refractivity contribution in [2.45, 2.75) is 69.2 Å². The van der Waals surface area contributed by atoms with Crippen LogP contribution in [0.5, 0.6) is 0 Å². The van der Waals surface area contributed by atoms with Crippen LogP contribution in [0.3, 0.4) is 0 Å². The average Bonchev–Trinajstić information content (AvgIpc) is 3.84. The van der Waals surface area contributed by atoms with Gasteiger partial charge in [0.2, 0.25) is 0 Å². The van der Waals surface area contributed by atoms with Gasteiger partial charge < -0.3 is 9.47 Å². The first-order valence-electron chi connectivity index (χ1n) is 19.4. The van der Waals surface area contributed by atoms with Gasteiger partial charge in [-0.2, -0.15) is 10.5 Å². The molecule has 0 bridgehead atoms. The highest BCUT2D eigenvalue weighted by Gasteiger charge is 2.55. The maximum Gasteiger partial charge on any atom is 0.101 e. The molecule has 2 heterocycles. The van der Waals surface area contributed by atoms with Crippen molar-refractivity contribution in [2.75, 3.05) is 4.90 Å². The zero-order valence-corrected chi connectivity index (χ0v) is 31.1. The van der Waals surface area contributed by atoms with Crippen LogP contribution in [0.2, 0.25) is 0 Å². The standard InChI is InChI=1S/C50H40N4/c1-49(2)39-17-9-5-13-31(39)35-23-37-33-15-7-11-19-43(33)53(45(37)25-41(35)49)47-21-29(27-51)30(28-52)22-48(47)54-44-20-12-8-16-34(44)38-24-36-32-14-6-10-18-40(32)50(3,4)42(36)26-46(38)54/h5-23,25,36,38,42,46H,24,26H2,1-4H3. The minimum Gasteiger partial charge on any atom is -0.336 e. The SMILES string of the molecule is CC1(C)c2ccccc2-c2cc3c4ccccc4n(-c4cc(C#N)c(C#N)cc4N4c5ccccc5C5CC6c7ccccc7C(C)(C)C6CC54)c3cc21. The number of benzene rings is 6. The summed E-state index contributed by atoms with van der Waals surface area (Å²) in [5.41, 5.74) is 15.7. The maximum absolute atomic E-state index is 10.5. The van der Waals surface area contributed by atoms with Gasteiger partial charge in [0, 0.05) is 33.8 Å². The lowest BCUT2D eigenvalue weighted by Gasteiger charge is -2.44.